The summed E-state index contributed by atoms with van der Waals surface area (Å²) in [5.74, 6) is 1.72. The van der Waals surface area contributed by atoms with Crippen LogP contribution in [0, 0.1) is 11.3 Å². The van der Waals surface area contributed by atoms with Crippen molar-refractivity contribution >= 4 is 0 Å². The molecule has 1 heterocycles. The number of ether oxygens (including phenoxy) is 2. The van der Waals surface area contributed by atoms with Crippen LogP contribution in [0.1, 0.15) is 17.0 Å². The lowest BCUT2D eigenvalue weighted by atomic mass is 9.89. The van der Waals surface area contributed by atoms with Gasteiger partial charge in [0.05, 0.1) is 13.2 Å². The fraction of sp³-hybridized carbons (Fsp3) is 0.133. The van der Waals surface area contributed by atoms with Crippen molar-refractivity contribution in [2.24, 2.45) is 0 Å². The van der Waals surface area contributed by atoms with E-state index < -0.39 is 0 Å². The van der Waals surface area contributed by atoms with E-state index in [0.717, 1.165) is 16.9 Å². The first-order valence-corrected chi connectivity index (χ1v) is 5.68. The molecule has 3 heteroatoms. The second kappa shape index (κ2) is 4.08. The molecule has 0 saturated heterocycles. The van der Waals surface area contributed by atoms with Crippen molar-refractivity contribution in [2.45, 2.75) is 5.92 Å². The molecule has 0 radical (unpaired) electrons. The van der Waals surface area contributed by atoms with Crippen LogP contribution in [0.2, 0.25) is 0 Å². The Labute approximate surface area is 105 Å². The highest BCUT2D eigenvalue weighted by Crippen LogP contribution is 2.47. The summed E-state index contributed by atoms with van der Waals surface area (Å²) < 4.78 is 11.1. The van der Waals surface area contributed by atoms with Gasteiger partial charge in [0.15, 0.2) is 11.5 Å². The quantitative estimate of drug-likeness (QED) is 0.762. The molecule has 3 nitrogen and oxygen atoms in total. The molecule has 0 aromatic heterocycles. The fourth-order valence-corrected chi connectivity index (χ4v) is 2.26. The second-order valence-electron chi connectivity index (χ2n) is 4.08. The Morgan fingerprint density at radius 2 is 1.89 bits per heavy atom. The van der Waals surface area contributed by atoms with Crippen LogP contribution < -0.4 is 9.47 Å². The number of hydrogen-bond donors (Lipinski definition) is 0. The smallest absolute Gasteiger partial charge is 0.174 e. The predicted molar refractivity (Wildman–Crippen MR) is 67.0 cm³/mol. The largest absolute Gasteiger partial charge is 0.493 e. The van der Waals surface area contributed by atoms with Crippen molar-refractivity contribution in [3.8, 4) is 23.3 Å². The molecule has 18 heavy (non-hydrogen) atoms. The molecule has 2 aromatic rings. The first-order chi connectivity index (χ1) is 8.85. The highest BCUT2D eigenvalue weighted by atomic mass is 16.5. The SMILES string of the molecule is COc1cccc2c1Oc1ccccc1C2C#N. The van der Waals surface area contributed by atoms with E-state index in [1.54, 1.807) is 7.11 Å². The highest BCUT2D eigenvalue weighted by molar-refractivity contribution is 5.60. The van der Waals surface area contributed by atoms with Crippen LogP contribution in [0.25, 0.3) is 0 Å². The Morgan fingerprint density at radius 3 is 2.67 bits per heavy atom. The Kier molecular flexibility index (Phi) is 2.42. The van der Waals surface area contributed by atoms with Gasteiger partial charge in [0.25, 0.3) is 0 Å². The van der Waals surface area contributed by atoms with Gasteiger partial charge in [-0.15, -0.1) is 0 Å². The van der Waals surface area contributed by atoms with E-state index in [-0.39, 0.29) is 5.92 Å². The van der Waals surface area contributed by atoms with Crippen LogP contribution in [0.15, 0.2) is 42.5 Å². The van der Waals surface area contributed by atoms with Crippen molar-refractivity contribution in [3.63, 3.8) is 0 Å². The standard InChI is InChI=1S/C15H11NO2/c1-17-14-8-4-6-11-12(9-16)10-5-2-3-7-13(10)18-15(11)14/h2-8,12H,1H3. The Bertz CT molecular complexity index is 643. The van der Waals surface area contributed by atoms with Crippen molar-refractivity contribution < 1.29 is 9.47 Å². The van der Waals surface area contributed by atoms with Crippen molar-refractivity contribution in [3.05, 3.63) is 53.6 Å². The molecule has 1 unspecified atom stereocenters. The van der Waals surface area contributed by atoms with Crippen LogP contribution in [-0.2, 0) is 0 Å². The molecule has 0 bridgehead atoms. The lowest BCUT2D eigenvalue weighted by Crippen LogP contribution is -2.09. The van der Waals surface area contributed by atoms with E-state index in [1.165, 1.54) is 0 Å². The molecule has 1 aliphatic rings. The summed E-state index contributed by atoms with van der Waals surface area (Å²) in [6.45, 7) is 0. The van der Waals surface area contributed by atoms with Gasteiger partial charge in [-0.25, -0.2) is 0 Å². The normalized spacial score (nSPS) is 15.9. The average Bonchev–Trinajstić information content (AvgIpc) is 2.44. The summed E-state index contributed by atoms with van der Waals surface area (Å²) in [6, 6.07) is 15.5. The summed E-state index contributed by atoms with van der Waals surface area (Å²) in [4.78, 5) is 0. The topological polar surface area (TPSA) is 42.2 Å². The molecule has 3 rings (SSSR count). The number of para-hydroxylation sites is 2. The number of nitriles is 1. The second-order valence-corrected chi connectivity index (χ2v) is 4.08. The maximum Gasteiger partial charge on any atom is 0.174 e. The van der Waals surface area contributed by atoms with Crippen LogP contribution >= 0.6 is 0 Å². The third-order valence-corrected chi connectivity index (χ3v) is 3.11. The van der Waals surface area contributed by atoms with Gasteiger partial charge in [-0.05, 0) is 12.1 Å². The van der Waals surface area contributed by atoms with Crippen molar-refractivity contribution in [2.75, 3.05) is 7.11 Å². The van der Waals surface area contributed by atoms with Crippen LogP contribution in [0.5, 0.6) is 17.2 Å². The van der Waals surface area contributed by atoms with Crippen LogP contribution in [-0.4, -0.2) is 7.11 Å². The van der Waals surface area contributed by atoms with Gasteiger partial charge in [0, 0.05) is 11.1 Å². The van der Waals surface area contributed by atoms with Crippen molar-refractivity contribution in [1.29, 1.82) is 5.26 Å². The fourth-order valence-electron chi connectivity index (χ4n) is 2.26. The number of methoxy groups -OCH3 is 1. The van der Waals surface area contributed by atoms with E-state index in [9.17, 15) is 5.26 Å². The Balaban J connectivity index is 2.24. The molecule has 0 amide bonds. The molecule has 0 saturated carbocycles. The van der Waals surface area contributed by atoms with E-state index >= 15 is 0 Å². The van der Waals surface area contributed by atoms with Crippen LogP contribution in [0.3, 0.4) is 0 Å². The van der Waals surface area contributed by atoms with Crippen molar-refractivity contribution in [1.82, 2.24) is 0 Å². The average molecular weight is 237 g/mol. The summed E-state index contributed by atoms with van der Waals surface area (Å²) in [5, 5.41) is 9.40. The molecule has 0 N–H and O–H groups in total. The van der Waals surface area contributed by atoms with E-state index in [0.29, 0.717) is 11.5 Å². The minimum atomic E-state index is -0.306. The number of hydrogen-bond acceptors (Lipinski definition) is 3. The van der Waals surface area contributed by atoms with Gasteiger partial charge in [-0.1, -0.05) is 30.3 Å². The van der Waals surface area contributed by atoms with E-state index in [4.69, 9.17) is 9.47 Å². The zero-order chi connectivity index (χ0) is 12.5. The van der Waals surface area contributed by atoms with E-state index in [1.807, 2.05) is 42.5 Å². The molecule has 1 aliphatic heterocycles. The van der Waals surface area contributed by atoms with Gasteiger partial charge in [0.1, 0.15) is 11.7 Å². The zero-order valence-electron chi connectivity index (χ0n) is 9.88. The summed E-state index contributed by atoms with van der Waals surface area (Å²) >= 11 is 0. The molecule has 88 valence electrons. The summed E-state index contributed by atoms with van der Waals surface area (Å²) in [7, 11) is 1.60. The van der Waals surface area contributed by atoms with E-state index in [2.05, 4.69) is 6.07 Å². The van der Waals surface area contributed by atoms with Gasteiger partial charge in [-0.3, -0.25) is 0 Å². The molecular formula is C15H11NO2. The maximum absolute atomic E-state index is 9.40. The molecule has 1 atom stereocenters. The minimum absolute atomic E-state index is 0.306. The predicted octanol–water partition coefficient (Wildman–Crippen LogP) is 3.46. The maximum atomic E-state index is 9.40. The molecule has 0 aliphatic carbocycles. The third-order valence-electron chi connectivity index (χ3n) is 3.11. The van der Waals surface area contributed by atoms with Gasteiger partial charge in [0.2, 0.25) is 0 Å². The van der Waals surface area contributed by atoms with Gasteiger partial charge >= 0.3 is 0 Å². The number of rotatable bonds is 1. The monoisotopic (exact) mass is 237 g/mol. The first-order valence-electron chi connectivity index (χ1n) is 5.68. The molecule has 2 aromatic carbocycles. The highest BCUT2D eigenvalue weighted by Gasteiger charge is 2.28. The molecule has 0 fully saturated rings. The Hall–Kier alpha value is -2.47. The first kappa shape index (κ1) is 10.7. The van der Waals surface area contributed by atoms with Gasteiger partial charge < -0.3 is 9.47 Å². The summed E-state index contributed by atoms with van der Waals surface area (Å²) in [6.07, 6.45) is 0. The minimum Gasteiger partial charge on any atom is -0.493 e. The number of nitrogens with zero attached hydrogens (tertiary/aromatic N) is 1. The Morgan fingerprint density at radius 1 is 1.11 bits per heavy atom. The third kappa shape index (κ3) is 1.43. The molecule has 0 spiro atoms. The molecular weight excluding hydrogens is 226 g/mol. The lowest BCUT2D eigenvalue weighted by molar-refractivity contribution is 0.370. The number of benzene rings is 2. The van der Waals surface area contributed by atoms with Gasteiger partial charge in [-0.2, -0.15) is 5.26 Å². The number of fused-ring (bicyclic) bond motifs is 2. The zero-order valence-corrected chi connectivity index (χ0v) is 9.88. The van der Waals surface area contributed by atoms with Crippen LogP contribution in [0.4, 0.5) is 0 Å². The lowest BCUT2D eigenvalue weighted by Gasteiger charge is -2.25. The summed E-state index contributed by atoms with van der Waals surface area (Å²) in [5.41, 5.74) is 1.76.